The first-order valence-electron chi connectivity index (χ1n) is 5.72. The molecule has 0 aliphatic rings. The normalized spacial score (nSPS) is 15.8. The number of methoxy groups -OCH3 is 1. The second-order valence-corrected chi connectivity index (χ2v) is 4.16. The van der Waals surface area contributed by atoms with Crippen LogP contribution in [0.2, 0.25) is 0 Å². The Labute approximate surface area is 102 Å². The van der Waals surface area contributed by atoms with Crippen LogP contribution in [0.3, 0.4) is 0 Å². The Bertz CT molecular complexity index is 256. The minimum atomic E-state index is -0.569. The number of hydrogen-bond acceptors (Lipinski definition) is 4. The number of carbonyl (C=O) groups excluding carboxylic acids is 2. The Morgan fingerprint density at radius 1 is 1.24 bits per heavy atom. The van der Waals surface area contributed by atoms with Crippen molar-refractivity contribution in [2.75, 3.05) is 20.3 Å². The molecule has 17 heavy (non-hydrogen) atoms. The zero-order chi connectivity index (χ0) is 13.4. The molecule has 0 aliphatic carbocycles. The maximum Gasteiger partial charge on any atom is 0.242 e. The van der Waals surface area contributed by atoms with Gasteiger partial charge in [0.05, 0.1) is 6.61 Å². The molecule has 6 heteroatoms. The first kappa shape index (κ1) is 15.9. The van der Waals surface area contributed by atoms with Crippen LogP contribution in [-0.4, -0.2) is 44.2 Å². The molecule has 6 nitrogen and oxygen atoms in total. The summed E-state index contributed by atoms with van der Waals surface area (Å²) in [6.07, 6.45) is 0. The molecule has 0 radical (unpaired) electrons. The molecule has 0 aromatic rings. The van der Waals surface area contributed by atoms with Crippen LogP contribution in [0.15, 0.2) is 0 Å². The second-order valence-electron chi connectivity index (χ2n) is 4.16. The third kappa shape index (κ3) is 6.23. The summed E-state index contributed by atoms with van der Waals surface area (Å²) in [4.78, 5) is 23.2. The number of rotatable bonds is 7. The SMILES string of the molecule is COCCNC(=O)C(C)NC(=O)C(C)C(C)N. The van der Waals surface area contributed by atoms with E-state index in [4.69, 9.17) is 10.5 Å². The lowest BCUT2D eigenvalue weighted by molar-refractivity contribution is -0.130. The number of nitrogens with two attached hydrogens (primary N) is 1. The number of ether oxygens (including phenoxy) is 1. The summed E-state index contributed by atoms with van der Waals surface area (Å²) in [6.45, 7) is 6.00. The zero-order valence-corrected chi connectivity index (χ0v) is 10.9. The van der Waals surface area contributed by atoms with E-state index in [1.165, 1.54) is 0 Å². The quantitative estimate of drug-likeness (QED) is 0.514. The minimum absolute atomic E-state index is 0.214. The summed E-state index contributed by atoms with van der Waals surface area (Å²) in [6, 6.07) is -0.806. The maximum atomic E-state index is 11.6. The smallest absolute Gasteiger partial charge is 0.242 e. The molecule has 0 rings (SSSR count). The summed E-state index contributed by atoms with van der Waals surface area (Å²) in [5.41, 5.74) is 5.61. The van der Waals surface area contributed by atoms with E-state index in [2.05, 4.69) is 10.6 Å². The molecule has 0 spiro atoms. The van der Waals surface area contributed by atoms with Gasteiger partial charge < -0.3 is 21.1 Å². The van der Waals surface area contributed by atoms with Crippen molar-refractivity contribution < 1.29 is 14.3 Å². The van der Waals surface area contributed by atoms with E-state index in [0.29, 0.717) is 13.2 Å². The minimum Gasteiger partial charge on any atom is -0.383 e. The van der Waals surface area contributed by atoms with Gasteiger partial charge in [0.25, 0.3) is 0 Å². The predicted octanol–water partition coefficient (Wildman–Crippen LogP) is -0.763. The standard InChI is InChI=1S/C11H23N3O3/c1-7(8(2)12)10(15)14-9(3)11(16)13-5-6-17-4/h7-9H,5-6,12H2,1-4H3,(H,13,16)(H,14,15). The van der Waals surface area contributed by atoms with Crippen molar-refractivity contribution in [1.82, 2.24) is 10.6 Å². The number of hydrogen-bond donors (Lipinski definition) is 3. The van der Waals surface area contributed by atoms with Gasteiger partial charge >= 0.3 is 0 Å². The topological polar surface area (TPSA) is 93.5 Å². The van der Waals surface area contributed by atoms with Crippen LogP contribution in [0.1, 0.15) is 20.8 Å². The molecule has 100 valence electrons. The van der Waals surface area contributed by atoms with Gasteiger partial charge in [-0.2, -0.15) is 0 Å². The molecular formula is C11H23N3O3. The van der Waals surface area contributed by atoms with E-state index >= 15 is 0 Å². The highest BCUT2D eigenvalue weighted by Crippen LogP contribution is 2.00. The van der Waals surface area contributed by atoms with E-state index in [-0.39, 0.29) is 23.8 Å². The molecule has 0 bridgehead atoms. The van der Waals surface area contributed by atoms with Gasteiger partial charge in [-0.3, -0.25) is 9.59 Å². The van der Waals surface area contributed by atoms with Crippen molar-refractivity contribution in [2.45, 2.75) is 32.9 Å². The van der Waals surface area contributed by atoms with Gasteiger partial charge in [0, 0.05) is 25.6 Å². The summed E-state index contributed by atoms with van der Waals surface area (Å²) >= 11 is 0. The fraction of sp³-hybridized carbons (Fsp3) is 0.818. The average molecular weight is 245 g/mol. The number of nitrogens with one attached hydrogen (secondary N) is 2. The van der Waals surface area contributed by atoms with Gasteiger partial charge in [-0.05, 0) is 13.8 Å². The molecule has 3 atom stereocenters. The van der Waals surface area contributed by atoms with Crippen LogP contribution in [0, 0.1) is 5.92 Å². The van der Waals surface area contributed by atoms with Crippen LogP contribution in [0.25, 0.3) is 0 Å². The predicted molar refractivity (Wildman–Crippen MR) is 65.3 cm³/mol. The van der Waals surface area contributed by atoms with Crippen molar-refractivity contribution >= 4 is 11.8 Å². The highest BCUT2D eigenvalue weighted by atomic mass is 16.5. The summed E-state index contributed by atoms with van der Waals surface area (Å²) < 4.78 is 4.80. The molecule has 3 unspecified atom stereocenters. The largest absolute Gasteiger partial charge is 0.383 e. The lowest BCUT2D eigenvalue weighted by Crippen LogP contribution is -2.49. The van der Waals surface area contributed by atoms with Gasteiger partial charge in [0.1, 0.15) is 6.04 Å². The van der Waals surface area contributed by atoms with E-state index in [1.807, 2.05) is 0 Å². The number of carbonyl (C=O) groups is 2. The van der Waals surface area contributed by atoms with E-state index < -0.39 is 6.04 Å². The van der Waals surface area contributed by atoms with Crippen LogP contribution in [0.5, 0.6) is 0 Å². The summed E-state index contributed by atoms with van der Waals surface area (Å²) in [5.74, 6) is -0.758. The third-order valence-corrected chi connectivity index (χ3v) is 2.56. The lowest BCUT2D eigenvalue weighted by Gasteiger charge is -2.19. The van der Waals surface area contributed by atoms with Crippen molar-refractivity contribution in [1.29, 1.82) is 0 Å². The molecule has 0 fully saturated rings. The Hall–Kier alpha value is -1.14. The van der Waals surface area contributed by atoms with E-state index in [0.717, 1.165) is 0 Å². The monoisotopic (exact) mass is 245 g/mol. The van der Waals surface area contributed by atoms with Crippen LogP contribution in [-0.2, 0) is 14.3 Å². The fourth-order valence-corrected chi connectivity index (χ4v) is 1.08. The van der Waals surface area contributed by atoms with Crippen molar-refractivity contribution in [3.8, 4) is 0 Å². The van der Waals surface area contributed by atoms with E-state index in [1.54, 1.807) is 27.9 Å². The third-order valence-electron chi connectivity index (χ3n) is 2.56. The highest BCUT2D eigenvalue weighted by Gasteiger charge is 2.21. The Morgan fingerprint density at radius 3 is 2.29 bits per heavy atom. The molecule has 2 amide bonds. The van der Waals surface area contributed by atoms with E-state index in [9.17, 15) is 9.59 Å². The molecule has 0 aliphatic heterocycles. The fourth-order valence-electron chi connectivity index (χ4n) is 1.08. The summed E-state index contributed by atoms with van der Waals surface area (Å²) in [7, 11) is 1.56. The van der Waals surface area contributed by atoms with Crippen molar-refractivity contribution in [3.63, 3.8) is 0 Å². The Balaban J connectivity index is 4.03. The first-order valence-corrected chi connectivity index (χ1v) is 5.72. The Kier molecular flexibility index (Phi) is 7.49. The molecule has 0 heterocycles. The van der Waals surface area contributed by atoms with Crippen LogP contribution < -0.4 is 16.4 Å². The van der Waals surface area contributed by atoms with Gasteiger partial charge in [-0.1, -0.05) is 6.92 Å². The van der Waals surface area contributed by atoms with Gasteiger partial charge in [0.2, 0.25) is 11.8 Å². The molecule has 0 saturated carbocycles. The summed E-state index contributed by atoms with van der Waals surface area (Å²) in [5, 5.41) is 5.26. The molecule has 4 N–H and O–H groups in total. The second kappa shape index (κ2) is 8.03. The van der Waals surface area contributed by atoms with Crippen LogP contribution in [0.4, 0.5) is 0 Å². The zero-order valence-electron chi connectivity index (χ0n) is 10.9. The van der Waals surface area contributed by atoms with Gasteiger partial charge in [-0.15, -0.1) is 0 Å². The van der Waals surface area contributed by atoms with Gasteiger partial charge in [-0.25, -0.2) is 0 Å². The first-order chi connectivity index (χ1) is 7.90. The van der Waals surface area contributed by atoms with Gasteiger partial charge in [0.15, 0.2) is 0 Å². The maximum absolute atomic E-state index is 11.6. The Morgan fingerprint density at radius 2 is 1.82 bits per heavy atom. The molecular weight excluding hydrogens is 222 g/mol. The molecule has 0 saturated heterocycles. The molecule has 0 aromatic heterocycles. The molecule has 0 aromatic carbocycles. The average Bonchev–Trinajstić information content (AvgIpc) is 2.27. The van der Waals surface area contributed by atoms with Crippen molar-refractivity contribution in [3.05, 3.63) is 0 Å². The lowest BCUT2D eigenvalue weighted by atomic mass is 10.0. The number of amides is 2. The van der Waals surface area contributed by atoms with Crippen LogP contribution >= 0.6 is 0 Å². The highest BCUT2D eigenvalue weighted by molar-refractivity contribution is 5.88. The van der Waals surface area contributed by atoms with Crippen molar-refractivity contribution in [2.24, 2.45) is 11.7 Å².